The third kappa shape index (κ3) is 4.36. The van der Waals surface area contributed by atoms with Gasteiger partial charge in [0.2, 0.25) is 5.95 Å². The van der Waals surface area contributed by atoms with Crippen molar-refractivity contribution in [2.75, 3.05) is 17.7 Å². The van der Waals surface area contributed by atoms with Gasteiger partial charge in [-0.2, -0.15) is 10.1 Å². The second kappa shape index (κ2) is 9.00. The first-order chi connectivity index (χ1) is 15.5. The van der Waals surface area contributed by atoms with Crippen LogP contribution in [0.1, 0.15) is 42.1 Å². The highest BCUT2D eigenvalue weighted by atomic mass is 19.1. The summed E-state index contributed by atoms with van der Waals surface area (Å²) < 4.78 is 13.3. The zero-order valence-corrected chi connectivity index (χ0v) is 17.5. The maximum absolute atomic E-state index is 13.3. The summed E-state index contributed by atoms with van der Waals surface area (Å²) in [4.78, 5) is 25.2. The van der Waals surface area contributed by atoms with E-state index < -0.39 is 6.17 Å². The molecule has 11 heteroatoms. The van der Waals surface area contributed by atoms with E-state index in [4.69, 9.17) is 14.9 Å². The summed E-state index contributed by atoms with van der Waals surface area (Å²) in [7, 11) is 1.77. The molecule has 4 aromatic heterocycles. The Kier molecular flexibility index (Phi) is 5.97. The number of hydrogen-bond acceptors (Lipinski definition) is 7. The molecule has 0 bridgehead atoms. The fraction of sp³-hybridized carbons (Fsp3) is 0.286. The summed E-state index contributed by atoms with van der Waals surface area (Å²) in [5.41, 5.74) is 4.53. The molecule has 166 valence electrons. The first-order valence-corrected chi connectivity index (χ1v) is 10.1. The van der Waals surface area contributed by atoms with E-state index in [1.807, 2.05) is 30.5 Å². The van der Waals surface area contributed by atoms with Crippen molar-refractivity contribution in [2.24, 2.45) is 0 Å². The molecule has 0 aromatic carbocycles. The molecule has 4 aromatic rings. The molecule has 5 N–H and O–H groups in total. The van der Waals surface area contributed by atoms with E-state index in [1.165, 1.54) is 0 Å². The molecule has 0 amide bonds. The van der Waals surface area contributed by atoms with Crippen LogP contribution in [0.5, 0.6) is 0 Å². The van der Waals surface area contributed by atoms with Crippen molar-refractivity contribution in [3.8, 4) is 0 Å². The van der Waals surface area contributed by atoms with Gasteiger partial charge in [0, 0.05) is 54.3 Å². The minimum Gasteiger partial charge on any atom is -0.483 e. The van der Waals surface area contributed by atoms with Crippen LogP contribution in [0, 0.1) is 0 Å². The minimum atomic E-state index is -0.775. The van der Waals surface area contributed by atoms with E-state index >= 15 is 0 Å². The molecule has 1 fully saturated rings. The highest BCUT2D eigenvalue weighted by Crippen LogP contribution is 2.43. The lowest BCUT2D eigenvalue weighted by Crippen LogP contribution is -2.08. The van der Waals surface area contributed by atoms with E-state index in [9.17, 15) is 4.39 Å². The van der Waals surface area contributed by atoms with Gasteiger partial charge >= 0.3 is 0 Å². The molecule has 1 saturated carbocycles. The standard InChI is InChI=1S/C20H21FN8.CH2O2/c1-10(14-3-4-15-16(25-14)5-6-23-15)12-9-24-20(22-2)27-19(12)26-18-8-17(28-29-18)11-7-13(11)21;2-1-3/h3-6,8-11,13,23H,7H2,1-2H3,(H3,22,24,26,27,28,29);1H,(H,2,3)/t10-,11+,13-;/m0./s1. The van der Waals surface area contributed by atoms with Crippen LogP contribution in [0.25, 0.3) is 11.0 Å². The van der Waals surface area contributed by atoms with Gasteiger partial charge in [0.1, 0.15) is 12.0 Å². The van der Waals surface area contributed by atoms with Gasteiger partial charge in [-0.1, -0.05) is 6.92 Å². The molecule has 0 aliphatic heterocycles. The second-order valence-corrected chi connectivity index (χ2v) is 7.41. The van der Waals surface area contributed by atoms with Crippen LogP contribution in [0.3, 0.4) is 0 Å². The van der Waals surface area contributed by atoms with Crippen LogP contribution >= 0.6 is 0 Å². The molecule has 3 atom stereocenters. The van der Waals surface area contributed by atoms with Gasteiger partial charge in [0.05, 0.1) is 11.0 Å². The number of hydrogen-bond donors (Lipinski definition) is 5. The number of H-pyrrole nitrogens is 2. The number of aromatic nitrogens is 6. The molecule has 0 spiro atoms. The first kappa shape index (κ1) is 21.2. The predicted molar refractivity (Wildman–Crippen MR) is 118 cm³/mol. The molecule has 4 heterocycles. The Morgan fingerprint density at radius 3 is 2.81 bits per heavy atom. The fourth-order valence-corrected chi connectivity index (χ4v) is 3.48. The van der Waals surface area contributed by atoms with Gasteiger partial charge < -0.3 is 20.7 Å². The summed E-state index contributed by atoms with van der Waals surface area (Å²) >= 11 is 0. The van der Waals surface area contributed by atoms with Gasteiger partial charge in [-0.25, -0.2) is 9.37 Å². The average molecular weight is 438 g/mol. The molecular formula is C21H23FN8O2. The maximum Gasteiger partial charge on any atom is 0.290 e. The summed E-state index contributed by atoms with van der Waals surface area (Å²) in [6.07, 6.45) is 3.44. The lowest BCUT2D eigenvalue weighted by molar-refractivity contribution is -0.122. The third-order valence-corrected chi connectivity index (χ3v) is 5.33. The number of fused-ring (bicyclic) bond motifs is 1. The predicted octanol–water partition coefficient (Wildman–Crippen LogP) is 3.54. The first-order valence-electron chi connectivity index (χ1n) is 10.1. The summed E-state index contributed by atoms with van der Waals surface area (Å²) in [5.74, 6) is 1.62. The highest BCUT2D eigenvalue weighted by molar-refractivity contribution is 5.75. The van der Waals surface area contributed by atoms with Crippen molar-refractivity contribution < 1.29 is 14.3 Å². The molecule has 0 unspecified atom stereocenters. The fourth-order valence-electron chi connectivity index (χ4n) is 3.48. The maximum atomic E-state index is 13.3. The van der Waals surface area contributed by atoms with Gasteiger partial charge in [-0.15, -0.1) is 0 Å². The van der Waals surface area contributed by atoms with Crippen LogP contribution in [-0.2, 0) is 4.79 Å². The summed E-state index contributed by atoms with van der Waals surface area (Å²) in [6.45, 7) is 1.82. The topological polar surface area (TPSA) is 144 Å². The number of halogens is 1. The van der Waals surface area contributed by atoms with Crippen LogP contribution < -0.4 is 10.6 Å². The quantitative estimate of drug-likeness (QED) is 0.288. The Bertz CT molecular complexity index is 1220. The number of carbonyl (C=O) groups is 1. The largest absolute Gasteiger partial charge is 0.483 e. The second-order valence-electron chi connectivity index (χ2n) is 7.41. The Morgan fingerprint density at radius 1 is 1.31 bits per heavy atom. The number of anilines is 3. The Hall–Kier alpha value is -4.02. The van der Waals surface area contributed by atoms with Crippen LogP contribution in [0.15, 0.2) is 36.7 Å². The van der Waals surface area contributed by atoms with Gasteiger partial charge in [-0.05, 0) is 24.6 Å². The Balaban J connectivity index is 0.000000775. The minimum absolute atomic E-state index is 0.0419. The van der Waals surface area contributed by atoms with Crippen molar-refractivity contribution in [1.82, 2.24) is 30.1 Å². The Labute approximate surface area is 182 Å². The lowest BCUT2D eigenvalue weighted by Gasteiger charge is -2.16. The molecule has 32 heavy (non-hydrogen) atoms. The van der Waals surface area contributed by atoms with Gasteiger partial charge in [0.15, 0.2) is 5.82 Å². The zero-order valence-electron chi connectivity index (χ0n) is 17.5. The molecule has 0 saturated heterocycles. The number of rotatable bonds is 6. The lowest BCUT2D eigenvalue weighted by atomic mass is 9.98. The number of carboxylic acid groups (broad SMARTS) is 1. The molecule has 0 radical (unpaired) electrons. The van der Waals surface area contributed by atoms with E-state index in [2.05, 4.69) is 42.7 Å². The van der Waals surface area contributed by atoms with E-state index in [0.29, 0.717) is 24.0 Å². The number of nitrogens with zero attached hydrogens (tertiary/aromatic N) is 4. The monoisotopic (exact) mass is 438 g/mol. The van der Waals surface area contributed by atoms with E-state index in [1.54, 1.807) is 13.2 Å². The zero-order chi connectivity index (χ0) is 22.7. The van der Waals surface area contributed by atoms with Crippen LogP contribution in [0.2, 0.25) is 0 Å². The number of nitrogens with one attached hydrogen (secondary N) is 4. The Morgan fingerprint density at radius 2 is 2.09 bits per heavy atom. The normalized spacial score (nSPS) is 17.8. The summed E-state index contributed by atoms with van der Waals surface area (Å²) in [5, 5.41) is 20.3. The van der Waals surface area contributed by atoms with Crippen LogP contribution in [0.4, 0.5) is 22.0 Å². The van der Waals surface area contributed by atoms with Crippen LogP contribution in [-0.4, -0.2) is 54.9 Å². The van der Waals surface area contributed by atoms with Crippen molar-refractivity contribution in [2.45, 2.75) is 31.4 Å². The van der Waals surface area contributed by atoms with Gasteiger partial charge in [-0.3, -0.25) is 14.9 Å². The van der Waals surface area contributed by atoms with Crippen molar-refractivity contribution in [1.29, 1.82) is 0 Å². The van der Waals surface area contributed by atoms with E-state index in [0.717, 1.165) is 28.0 Å². The highest BCUT2D eigenvalue weighted by Gasteiger charge is 2.40. The molecule has 1 aliphatic carbocycles. The van der Waals surface area contributed by atoms with Crippen molar-refractivity contribution >= 4 is 35.1 Å². The van der Waals surface area contributed by atoms with E-state index in [-0.39, 0.29) is 18.3 Å². The average Bonchev–Trinajstić information content (AvgIpc) is 3.18. The smallest absolute Gasteiger partial charge is 0.290 e. The molecule has 1 aliphatic rings. The number of pyridine rings is 1. The molecule has 10 nitrogen and oxygen atoms in total. The molecular weight excluding hydrogens is 415 g/mol. The SMILES string of the molecule is CNc1ncc([C@H](C)c2ccc3[nH]ccc3n2)c(Nc2cc([C@@H]3C[C@@H]3F)[nH]n2)n1.O=CO. The number of aromatic amines is 2. The number of alkyl halides is 1. The molecule has 5 rings (SSSR count). The third-order valence-electron chi connectivity index (χ3n) is 5.33. The van der Waals surface area contributed by atoms with Crippen molar-refractivity contribution in [3.05, 3.63) is 53.6 Å². The van der Waals surface area contributed by atoms with Gasteiger partial charge in [0.25, 0.3) is 6.47 Å². The summed E-state index contributed by atoms with van der Waals surface area (Å²) in [6, 6.07) is 7.81. The van der Waals surface area contributed by atoms with Crippen molar-refractivity contribution in [3.63, 3.8) is 0 Å².